The van der Waals surface area contributed by atoms with Gasteiger partial charge in [0.2, 0.25) is 0 Å². The van der Waals surface area contributed by atoms with Gasteiger partial charge in [-0.2, -0.15) is 0 Å². The van der Waals surface area contributed by atoms with Gasteiger partial charge in [0.15, 0.2) is 0 Å². The number of nitrogens with zero attached hydrogens (tertiary/aromatic N) is 1. The summed E-state index contributed by atoms with van der Waals surface area (Å²) in [6.45, 7) is 16.6. The quantitative estimate of drug-likeness (QED) is 0.719. The van der Waals surface area contributed by atoms with Gasteiger partial charge in [0.25, 0.3) is 0 Å². The van der Waals surface area contributed by atoms with Crippen LogP contribution in [0.25, 0.3) is 0 Å². The second kappa shape index (κ2) is 9.78. The maximum Gasteiger partial charge on any atom is 0.0243 e. The van der Waals surface area contributed by atoms with Crippen molar-refractivity contribution in [3.8, 4) is 0 Å². The molecule has 2 nitrogen and oxygen atoms in total. The minimum Gasteiger partial charge on any atom is -0.315 e. The number of hydrogen-bond acceptors (Lipinski definition) is 2. The summed E-state index contributed by atoms with van der Waals surface area (Å²) in [6.07, 6.45) is 7.06. The van der Waals surface area contributed by atoms with Crippen LogP contribution in [0.3, 0.4) is 0 Å². The van der Waals surface area contributed by atoms with E-state index in [1.807, 2.05) is 0 Å². The topological polar surface area (TPSA) is 15.3 Å². The van der Waals surface area contributed by atoms with Crippen LogP contribution in [0.1, 0.15) is 66.7 Å². The minimum absolute atomic E-state index is 0.717. The molecule has 20 heavy (non-hydrogen) atoms. The molecule has 0 bridgehead atoms. The maximum atomic E-state index is 3.68. The monoisotopic (exact) mass is 282 g/mol. The summed E-state index contributed by atoms with van der Waals surface area (Å²) in [5.41, 5.74) is 0. The van der Waals surface area contributed by atoms with Crippen LogP contribution < -0.4 is 5.32 Å². The summed E-state index contributed by atoms with van der Waals surface area (Å²) >= 11 is 0. The van der Waals surface area contributed by atoms with Crippen molar-refractivity contribution >= 4 is 0 Å². The van der Waals surface area contributed by atoms with E-state index in [0.29, 0.717) is 6.04 Å². The Balaban J connectivity index is 2.45. The zero-order chi connectivity index (χ0) is 15.0. The summed E-state index contributed by atoms with van der Waals surface area (Å²) in [5.74, 6) is 2.49. The van der Waals surface area contributed by atoms with E-state index in [1.54, 1.807) is 0 Å². The second-order valence-electron chi connectivity index (χ2n) is 7.49. The van der Waals surface area contributed by atoms with E-state index in [1.165, 1.54) is 45.2 Å². The fourth-order valence-corrected chi connectivity index (χ4v) is 3.52. The highest BCUT2D eigenvalue weighted by Crippen LogP contribution is 2.24. The SMILES string of the molecule is CCCC1CCCN(C(CNCC(C)C)C(C)C)CC1. The van der Waals surface area contributed by atoms with Gasteiger partial charge in [-0.25, -0.2) is 0 Å². The van der Waals surface area contributed by atoms with E-state index in [-0.39, 0.29) is 0 Å². The van der Waals surface area contributed by atoms with E-state index < -0.39 is 0 Å². The van der Waals surface area contributed by atoms with E-state index in [4.69, 9.17) is 0 Å². The van der Waals surface area contributed by atoms with Crippen molar-refractivity contribution in [3.63, 3.8) is 0 Å². The lowest BCUT2D eigenvalue weighted by Crippen LogP contribution is -2.46. The third-order valence-corrected chi connectivity index (χ3v) is 4.72. The summed E-state index contributed by atoms with van der Waals surface area (Å²) in [7, 11) is 0. The lowest BCUT2D eigenvalue weighted by Gasteiger charge is -2.34. The first-order valence-electron chi connectivity index (χ1n) is 8.99. The molecule has 0 aromatic heterocycles. The Kier molecular flexibility index (Phi) is 8.79. The molecule has 0 radical (unpaired) electrons. The van der Waals surface area contributed by atoms with E-state index >= 15 is 0 Å². The third-order valence-electron chi connectivity index (χ3n) is 4.72. The first-order chi connectivity index (χ1) is 9.54. The molecule has 0 aliphatic carbocycles. The van der Waals surface area contributed by atoms with Crippen molar-refractivity contribution in [1.82, 2.24) is 10.2 Å². The first kappa shape index (κ1) is 18.0. The molecule has 2 unspecified atom stereocenters. The van der Waals surface area contributed by atoms with Crippen LogP contribution >= 0.6 is 0 Å². The van der Waals surface area contributed by atoms with Crippen molar-refractivity contribution in [2.24, 2.45) is 17.8 Å². The van der Waals surface area contributed by atoms with E-state index in [2.05, 4.69) is 44.8 Å². The normalized spacial score (nSPS) is 23.2. The average molecular weight is 283 g/mol. The van der Waals surface area contributed by atoms with E-state index in [9.17, 15) is 0 Å². The number of nitrogens with one attached hydrogen (secondary N) is 1. The van der Waals surface area contributed by atoms with Crippen molar-refractivity contribution in [1.29, 1.82) is 0 Å². The van der Waals surface area contributed by atoms with Crippen LogP contribution in [-0.2, 0) is 0 Å². The fraction of sp³-hybridized carbons (Fsp3) is 1.00. The van der Waals surface area contributed by atoms with Crippen LogP contribution in [0.15, 0.2) is 0 Å². The molecule has 1 aliphatic rings. The summed E-state index contributed by atoms with van der Waals surface area (Å²) in [5, 5.41) is 3.68. The summed E-state index contributed by atoms with van der Waals surface area (Å²) < 4.78 is 0. The molecule has 1 aliphatic heterocycles. The van der Waals surface area contributed by atoms with Crippen LogP contribution in [0.2, 0.25) is 0 Å². The van der Waals surface area contributed by atoms with Gasteiger partial charge in [-0.3, -0.25) is 4.90 Å². The van der Waals surface area contributed by atoms with Gasteiger partial charge in [0, 0.05) is 12.6 Å². The van der Waals surface area contributed by atoms with Gasteiger partial charge < -0.3 is 5.32 Å². The lowest BCUT2D eigenvalue weighted by molar-refractivity contribution is 0.154. The Labute approximate surface area is 127 Å². The molecule has 0 aromatic rings. The number of hydrogen-bond donors (Lipinski definition) is 1. The van der Waals surface area contributed by atoms with Crippen LogP contribution in [0.4, 0.5) is 0 Å². The molecule has 2 heteroatoms. The highest BCUT2D eigenvalue weighted by molar-refractivity contribution is 4.80. The molecule has 1 saturated heterocycles. The van der Waals surface area contributed by atoms with Gasteiger partial charge in [0.1, 0.15) is 0 Å². The molecule has 120 valence electrons. The largest absolute Gasteiger partial charge is 0.315 e. The summed E-state index contributed by atoms with van der Waals surface area (Å²) in [4.78, 5) is 2.77. The Morgan fingerprint density at radius 3 is 2.40 bits per heavy atom. The Hall–Kier alpha value is -0.0800. The minimum atomic E-state index is 0.717. The highest BCUT2D eigenvalue weighted by atomic mass is 15.2. The smallest absolute Gasteiger partial charge is 0.0243 e. The van der Waals surface area contributed by atoms with Crippen LogP contribution in [0, 0.1) is 17.8 Å². The van der Waals surface area contributed by atoms with Crippen LogP contribution in [0.5, 0.6) is 0 Å². The maximum absolute atomic E-state index is 3.68. The Morgan fingerprint density at radius 1 is 1.05 bits per heavy atom. The predicted molar refractivity (Wildman–Crippen MR) is 90.2 cm³/mol. The molecule has 2 atom stereocenters. The lowest BCUT2D eigenvalue weighted by atomic mass is 9.96. The standard InChI is InChI=1S/C18H38N2/c1-6-8-17-9-7-11-20(12-10-17)18(16(4)5)14-19-13-15(2)3/h15-19H,6-14H2,1-5H3. The van der Waals surface area contributed by atoms with Crippen LogP contribution in [-0.4, -0.2) is 37.1 Å². The molecular weight excluding hydrogens is 244 g/mol. The molecule has 1 N–H and O–H groups in total. The third kappa shape index (κ3) is 6.58. The Bertz CT molecular complexity index is 238. The molecule has 1 heterocycles. The van der Waals surface area contributed by atoms with Crippen molar-refractivity contribution in [2.45, 2.75) is 72.8 Å². The summed E-state index contributed by atoms with van der Waals surface area (Å²) in [6, 6.07) is 0.717. The molecular formula is C18H38N2. The van der Waals surface area contributed by atoms with Gasteiger partial charge in [-0.05, 0) is 56.7 Å². The fourth-order valence-electron chi connectivity index (χ4n) is 3.52. The zero-order valence-corrected chi connectivity index (χ0v) is 14.6. The van der Waals surface area contributed by atoms with Gasteiger partial charge in [-0.1, -0.05) is 47.5 Å². The molecule has 0 saturated carbocycles. The zero-order valence-electron chi connectivity index (χ0n) is 14.6. The molecule has 0 amide bonds. The van der Waals surface area contributed by atoms with Crippen molar-refractivity contribution in [3.05, 3.63) is 0 Å². The second-order valence-corrected chi connectivity index (χ2v) is 7.49. The van der Waals surface area contributed by atoms with Gasteiger partial charge >= 0.3 is 0 Å². The highest BCUT2D eigenvalue weighted by Gasteiger charge is 2.24. The molecule has 1 rings (SSSR count). The van der Waals surface area contributed by atoms with Crippen molar-refractivity contribution < 1.29 is 0 Å². The predicted octanol–water partition coefficient (Wildman–Crippen LogP) is 4.16. The molecule has 1 fully saturated rings. The number of rotatable bonds is 8. The molecule has 0 spiro atoms. The number of likely N-dealkylation sites (tertiary alicyclic amines) is 1. The van der Waals surface area contributed by atoms with E-state index in [0.717, 1.165) is 30.8 Å². The molecule has 0 aromatic carbocycles. The Morgan fingerprint density at radius 2 is 1.80 bits per heavy atom. The van der Waals surface area contributed by atoms with Crippen molar-refractivity contribution in [2.75, 3.05) is 26.2 Å². The average Bonchev–Trinajstić information content (AvgIpc) is 2.60. The van der Waals surface area contributed by atoms with Gasteiger partial charge in [-0.15, -0.1) is 0 Å². The van der Waals surface area contributed by atoms with Gasteiger partial charge in [0.05, 0.1) is 0 Å². The first-order valence-corrected chi connectivity index (χ1v) is 8.99.